The summed E-state index contributed by atoms with van der Waals surface area (Å²) in [6, 6.07) is 3.07. The molecule has 0 fully saturated rings. The zero-order valence-corrected chi connectivity index (χ0v) is 15.0. The Morgan fingerprint density at radius 1 is 1.27 bits per heavy atom. The Balaban J connectivity index is 1.88. The van der Waals surface area contributed by atoms with Crippen molar-refractivity contribution in [3.05, 3.63) is 63.3 Å². The minimum absolute atomic E-state index is 0.0379. The predicted molar refractivity (Wildman–Crippen MR) is 91.4 cm³/mol. The summed E-state index contributed by atoms with van der Waals surface area (Å²) in [5.74, 6) is -2.21. The van der Waals surface area contributed by atoms with Crippen LogP contribution in [0.15, 0.2) is 22.7 Å². The SMILES string of the molecule is Cc1nn(Cc2c(C(=O)Nc3ccc(F)c(F)c3)noc2C)c(C)c1Cl. The lowest BCUT2D eigenvalue weighted by atomic mass is 10.1. The van der Waals surface area contributed by atoms with Crippen LogP contribution in [0.5, 0.6) is 0 Å². The number of hydrogen-bond acceptors (Lipinski definition) is 4. The lowest BCUT2D eigenvalue weighted by Crippen LogP contribution is -2.16. The first-order valence-corrected chi connectivity index (χ1v) is 8.06. The zero-order valence-electron chi connectivity index (χ0n) is 14.2. The Hall–Kier alpha value is -2.74. The van der Waals surface area contributed by atoms with Gasteiger partial charge in [0.05, 0.1) is 23.0 Å². The number of nitrogens with zero attached hydrogens (tertiary/aromatic N) is 3. The highest BCUT2D eigenvalue weighted by Crippen LogP contribution is 2.23. The topological polar surface area (TPSA) is 73.0 Å². The smallest absolute Gasteiger partial charge is 0.278 e. The molecule has 0 saturated heterocycles. The molecule has 6 nitrogen and oxygen atoms in total. The van der Waals surface area contributed by atoms with Crippen molar-refractivity contribution in [2.45, 2.75) is 27.3 Å². The Bertz CT molecular complexity index is 997. The molecule has 3 rings (SSSR count). The molecule has 0 spiro atoms. The monoisotopic (exact) mass is 380 g/mol. The van der Waals surface area contributed by atoms with Gasteiger partial charge in [-0.15, -0.1) is 0 Å². The van der Waals surface area contributed by atoms with Crippen LogP contribution in [0.25, 0.3) is 0 Å². The first-order valence-electron chi connectivity index (χ1n) is 7.69. The molecule has 2 heterocycles. The highest BCUT2D eigenvalue weighted by Gasteiger charge is 2.22. The standard InChI is InChI=1S/C17H15ClF2N4O2/c1-8-15(18)9(2)24(22-8)7-12-10(3)26-23-16(12)17(25)21-11-4-5-13(19)14(20)6-11/h4-6H,7H2,1-3H3,(H,21,25). The third-order valence-electron chi connectivity index (χ3n) is 3.98. The number of anilines is 1. The molecule has 0 saturated carbocycles. The maximum atomic E-state index is 13.3. The van der Waals surface area contributed by atoms with E-state index in [0.717, 1.165) is 17.8 Å². The van der Waals surface area contributed by atoms with Gasteiger partial charge in [0.15, 0.2) is 17.3 Å². The molecule has 3 aromatic rings. The van der Waals surface area contributed by atoms with E-state index in [1.54, 1.807) is 18.5 Å². The van der Waals surface area contributed by atoms with Crippen LogP contribution in [0.3, 0.4) is 0 Å². The number of benzene rings is 1. The summed E-state index contributed by atoms with van der Waals surface area (Å²) in [5.41, 5.74) is 2.08. The molecular formula is C17H15ClF2N4O2. The van der Waals surface area contributed by atoms with Crippen LogP contribution in [0, 0.1) is 32.4 Å². The molecule has 1 N–H and O–H groups in total. The van der Waals surface area contributed by atoms with E-state index in [1.807, 2.05) is 6.92 Å². The third kappa shape index (κ3) is 3.32. The van der Waals surface area contributed by atoms with Crippen molar-refractivity contribution >= 4 is 23.2 Å². The molecule has 0 aliphatic carbocycles. The number of rotatable bonds is 4. The minimum atomic E-state index is -1.06. The molecule has 0 atom stereocenters. The number of carbonyl (C=O) groups excluding carboxylic acids is 1. The van der Waals surface area contributed by atoms with Crippen LogP contribution in [0.1, 0.15) is 33.2 Å². The molecule has 0 bridgehead atoms. The molecule has 26 heavy (non-hydrogen) atoms. The van der Waals surface area contributed by atoms with Crippen molar-refractivity contribution in [1.29, 1.82) is 0 Å². The fourth-order valence-electron chi connectivity index (χ4n) is 2.50. The van der Waals surface area contributed by atoms with E-state index >= 15 is 0 Å². The molecule has 1 amide bonds. The summed E-state index contributed by atoms with van der Waals surface area (Å²) < 4.78 is 33.1. The Morgan fingerprint density at radius 2 is 2.00 bits per heavy atom. The lowest BCUT2D eigenvalue weighted by molar-refractivity contribution is 0.101. The quantitative estimate of drug-likeness (QED) is 0.741. The highest BCUT2D eigenvalue weighted by molar-refractivity contribution is 6.31. The van der Waals surface area contributed by atoms with E-state index < -0.39 is 17.5 Å². The first-order chi connectivity index (χ1) is 12.3. The summed E-state index contributed by atoms with van der Waals surface area (Å²) in [7, 11) is 0. The summed E-state index contributed by atoms with van der Waals surface area (Å²) in [4.78, 5) is 12.5. The van der Waals surface area contributed by atoms with E-state index in [4.69, 9.17) is 16.1 Å². The van der Waals surface area contributed by atoms with Crippen molar-refractivity contribution in [1.82, 2.24) is 14.9 Å². The van der Waals surface area contributed by atoms with Gasteiger partial charge >= 0.3 is 0 Å². The number of nitrogens with one attached hydrogen (secondary N) is 1. The van der Waals surface area contributed by atoms with Gasteiger partial charge < -0.3 is 9.84 Å². The molecule has 1 aromatic carbocycles. The molecule has 0 aliphatic heterocycles. The van der Waals surface area contributed by atoms with Crippen LogP contribution >= 0.6 is 11.6 Å². The van der Waals surface area contributed by atoms with E-state index in [-0.39, 0.29) is 17.9 Å². The van der Waals surface area contributed by atoms with Crippen LogP contribution in [-0.2, 0) is 6.54 Å². The van der Waals surface area contributed by atoms with Gasteiger partial charge in [0, 0.05) is 17.3 Å². The van der Waals surface area contributed by atoms with Gasteiger partial charge in [-0.3, -0.25) is 9.48 Å². The Morgan fingerprint density at radius 3 is 2.62 bits per heavy atom. The van der Waals surface area contributed by atoms with Crippen molar-refractivity contribution < 1.29 is 18.1 Å². The van der Waals surface area contributed by atoms with Crippen LogP contribution in [0.2, 0.25) is 5.02 Å². The van der Waals surface area contributed by atoms with E-state index in [9.17, 15) is 13.6 Å². The molecule has 136 valence electrons. The second-order valence-corrected chi connectivity index (χ2v) is 6.17. The van der Waals surface area contributed by atoms with Crippen molar-refractivity contribution in [3.8, 4) is 0 Å². The number of amides is 1. The minimum Gasteiger partial charge on any atom is -0.361 e. The van der Waals surface area contributed by atoms with E-state index in [1.165, 1.54) is 6.07 Å². The molecule has 0 aliphatic rings. The zero-order chi connectivity index (χ0) is 19.0. The number of halogens is 3. The average Bonchev–Trinajstić information content (AvgIpc) is 3.07. The van der Waals surface area contributed by atoms with Crippen LogP contribution in [0.4, 0.5) is 14.5 Å². The van der Waals surface area contributed by atoms with Crippen molar-refractivity contribution in [3.63, 3.8) is 0 Å². The first kappa shape index (κ1) is 18.1. The van der Waals surface area contributed by atoms with Gasteiger partial charge in [-0.1, -0.05) is 16.8 Å². The lowest BCUT2D eigenvalue weighted by Gasteiger charge is -2.07. The van der Waals surface area contributed by atoms with Gasteiger partial charge in [0.25, 0.3) is 5.91 Å². The van der Waals surface area contributed by atoms with Gasteiger partial charge in [-0.05, 0) is 32.9 Å². The number of aromatic nitrogens is 3. The second-order valence-electron chi connectivity index (χ2n) is 5.79. The van der Waals surface area contributed by atoms with Crippen molar-refractivity contribution in [2.24, 2.45) is 0 Å². The third-order valence-corrected chi connectivity index (χ3v) is 4.53. The number of aryl methyl sites for hydroxylation is 2. The molecular weight excluding hydrogens is 366 g/mol. The van der Waals surface area contributed by atoms with Gasteiger partial charge in [0.1, 0.15) is 5.76 Å². The Labute approximate surface area is 152 Å². The highest BCUT2D eigenvalue weighted by atomic mass is 35.5. The largest absolute Gasteiger partial charge is 0.361 e. The predicted octanol–water partition coefficient (Wildman–Crippen LogP) is 4.03. The van der Waals surface area contributed by atoms with Crippen LogP contribution < -0.4 is 5.32 Å². The van der Waals surface area contributed by atoms with Gasteiger partial charge in [-0.25, -0.2) is 8.78 Å². The summed E-state index contributed by atoms with van der Waals surface area (Å²) in [6.07, 6.45) is 0. The van der Waals surface area contributed by atoms with Gasteiger partial charge in [-0.2, -0.15) is 5.10 Å². The summed E-state index contributed by atoms with van der Waals surface area (Å²) >= 11 is 6.15. The maximum absolute atomic E-state index is 13.3. The van der Waals surface area contributed by atoms with Crippen molar-refractivity contribution in [2.75, 3.05) is 5.32 Å². The summed E-state index contributed by atoms with van der Waals surface area (Å²) in [6.45, 7) is 5.49. The fourth-order valence-corrected chi connectivity index (χ4v) is 2.63. The second kappa shape index (κ2) is 6.87. The maximum Gasteiger partial charge on any atom is 0.278 e. The molecule has 2 aromatic heterocycles. The fraction of sp³-hybridized carbons (Fsp3) is 0.235. The van der Waals surface area contributed by atoms with E-state index in [0.29, 0.717) is 22.0 Å². The number of hydrogen-bond donors (Lipinski definition) is 1. The van der Waals surface area contributed by atoms with Gasteiger partial charge in [0.2, 0.25) is 0 Å². The average molecular weight is 381 g/mol. The molecule has 9 heteroatoms. The van der Waals surface area contributed by atoms with Crippen LogP contribution in [-0.4, -0.2) is 20.8 Å². The normalized spacial score (nSPS) is 11.0. The van der Waals surface area contributed by atoms with E-state index in [2.05, 4.69) is 15.6 Å². The summed E-state index contributed by atoms with van der Waals surface area (Å²) in [5, 5.41) is 11.1. The number of carbonyl (C=O) groups is 1. The Kier molecular flexibility index (Phi) is 4.78. The molecule has 0 unspecified atom stereocenters. The molecule has 0 radical (unpaired) electrons.